The highest BCUT2D eigenvalue weighted by Gasteiger charge is 2.29. The number of carboxylic acid groups (broad SMARTS) is 1. The first kappa shape index (κ1) is 23.4. The van der Waals surface area contributed by atoms with E-state index >= 15 is 0 Å². The maximum absolute atomic E-state index is 11.3. The van der Waals surface area contributed by atoms with Crippen LogP contribution in [0.3, 0.4) is 0 Å². The molecule has 0 bridgehead atoms. The molecule has 0 aliphatic heterocycles. The highest BCUT2D eigenvalue weighted by atomic mass is 16.5. The first-order chi connectivity index (χ1) is 16.5. The van der Waals surface area contributed by atoms with Crippen molar-refractivity contribution in [2.45, 2.75) is 64.5 Å². The lowest BCUT2D eigenvalue weighted by atomic mass is 9.87. The Kier molecular flexibility index (Phi) is 7.15. The number of hydrogen-bond acceptors (Lipinski definition) is 7. The lowest BCUT2D eigenvalue weighted by Gasteiger charge is -2.27. The summed E-state index contributed by atoms with van der Waals surface area (Å²) in [7, 11) is 1.80. The van der Waals surface area contributed by atoms with Crippen molar-refractivity contribution < 1.29 is 14.6 Å². The molecule has 3 heterocycles. The van der Waals surface area contributed by atoms with Crippen LogP contribution in [0.1, 0.15) is 56.8 Å². The van der Waals surface area contributed by atoms with Gasteiger partial charge in [0.2, 0.25) is 0 Å². The van der Waals surface area contributed by atoms with Gasteiger partial charge in [-0.05, 0) is 50.7 Å². The van der Waals surface area contributed by atoms with Gasteiger partial charge in [0, 0.05) is 13.2 Å². The van der Waals surface area contributed by atoms with E-state index in [1.807, 2.05) is 6.20 Å². The van der Waals surface area contributed by atoms with Crippen LogP contribution in [-0.4, -0.2) is 52.2 Å². The number of carbonyl (C=O) groups is 1. The number of aliphatic carboxylic acids is 1. The molecule has 178 valence electrons. The van der Waals surface area contributed by atoms with E-state index in [4.69, 9.17) is 11.3 Å². The molecule has 0 unspecified atom stereocenters. The summed E-state index contributed by atoms with van der Waals surface area (Å²) >= 11 is 0. The van der Waals surface area contributed by atoms with Gasteiger partial charge in [0.1, 0.15) is 5.75 Å². The molecule has 11 nitrogen and oxygen atoms in total. The number of nitrogens with zero attached hydrogens (tertiary/aromatic N) is 8. The number of ether oxygens (including phenoxy) is 1. The van der Waals surface area contributed by atoms with Gasteiger partial charge < -0.3 is 14.7 Å². The molecule has 4 rings (SSSR count). The molecule has 1 N–H and O–H groups in total. The Morgan fingerprint density at radius 2 is 2.15 bits per heavy atom. The zero-order chi connectivity index (χ0) is 24.1. The van der Waals surface area contributed by atoms with Gasteiger partial charge in [0.15, 0.2) is 11.4 Å². The van der Waals surface area contributed by atoms with E-state index in [-0.39, 0.29) is 11.9 Å². The summed E-state index contributed by atoms with van der Waals surface area (Å²) in [5, 5.41) is 26.2. The Balaban J connectivity index is 1.53. The molecule has 2 atom stereocenters. The number of aryl methyl sites for hydroxylation is 2. The van der Waals surface area contributed by atoms with Gasteiger partial charge in [0.25, 0.3) is 0 Å². The fraction of sp³-hybridized carbons (Fsp3) is 0.522. The van der Waals surface area contributed by atoms with Crippen LogP contribution in [0, 0.1) is 12.5 Å². The van der Waals surface area contributed by atoms with Crippen LogP contribution < -0.4 is 4.74 Å². The van der Waals surface area contributed by atoms with Gasteiger partial charge in [-0.1, -0.05) is 30.3 Å². The Morgan fingerprint density at radius 1 is 1.29 bits per heavy atom. The topological polar surface area (TPSA) is 125 Å². The van der Waals surface area contributed by atoms with E-state index in [0.29, 0.717) is 36.5 Å². The van der Waals surface area contributed by atoms with Crippen molar-refractivity contribution in [3.63, 3.8) is 0 Å². The number of rotatable bonds is 9. The van der Waals surface area contributed by atoms with Gasteiger partial charge in [-0.25, -0.2) is 9.36 Å². The predicted molar refractivity (Wildman–Crippen MR) is 122 cm³/mol. The number of unbranched alkanes of at least 4 members (excludes halogenated alkanes) is 1. The standard InChI is InChI=1S/C23H28N8O3/c1-4-5-8-16-13-31(29-26-16)14-19-21(27-28-30(19)3)18-10-11-20(22(24-2)25-18)34-17-9-6-7-15(12-17)23(32)33/h10-11,13,15,17H,4-9,12,14H2,1,3H3,(H,32,33)/t15-,17-/m0/s1. The van der Waals surface area contributed by atoms with E-state index in [0.717, 1.165) is 43.5 Å². The smallest absolute Gasteiger partial charge is 0.312 e. The van der Waals surface area contributed by atoms with E-state index in [2.05, 4.69) is 37.4 Å². The summed E-state index contributed by atoms with van der Waals surface area (Å²) in [5.74, 6) is -0.734. The van der Waals surface area contributed by atoms with Gasteiger partial charge >= 0.3 is 11.8 Å². The van der Waals surface area contributed by atoms with Crippen molar-refractivity contribution in [2.75, 3.05) is 0 Å². The second-order valence-electron chi connectivity index (χ2n) is 8.59. The largest absolute Gasteiger partial charge is 0.500 e. The molecule has 1 fully saturated rings. The fourth-order valence-corrected chi connectivity index (χ4v) is 4.19. The summed E-state index contributed by atoms with van der Waals surface area (Å²) in [6.07, 6.45) is 7.36. The molecule has 34 heavy (non-hydrogen) atoms. The van der Waals surface area contributed by atoms with Crippen LogP contribution in [0.25, 0.3) is 16.2 Å². The van der Waals surface area contributed by atoms with E-state index in [1.165, 1.54) is 0 Å². The molecule has 1 aliphatic carbocycles. The fourth-order valence-electron chi connectivity index (χ4n) is 4.19. The third kappa shape index (κ3) is 5.22. The highest BCUT2D eigenvalue weighted by molar-refractivity contribution is 5.70. The van der Waals surface area contributed by atoms with Crippen LogP contribution in [-0.2, 0) is 24.8 Å². The molecule has 0 radical (unpaired) electrons. The second kappa shape index (κ2) is 10.4. The molecule has 0 amide bonds. The minimum atomic E-state index is -0.799. The zero-order valence-electron chi connectivity index (χ0n) is 19.4. The maximum Gasteiger partial charge on any atom is 0.312 e. The van der Waals surface area contributed by atoms with Crippen molar-refractivity contribution in [1.82, 2.24) is 35.0 Å². The maximum atomic E-state index is 11.3. The Morgan fingerprint density at radius 3 is 2.91 bits per heavy atom. The van der Waals surface area contributed by atoms with Gasteiger partial charge in [-0.3, -0.25) is 4.79 Å². The molecule has 11 heteroatoms. The molecular weight excluding hydrogens is 436 g/mol. The molecule has 1 saturated carbocycles. The van der Waals surface area contributed by atoms with Crippen molar-refractivity contribution in [2.24, 2.45) is 13.0 Å². The molecule has 3 aromatic rings. The summed E-state index contributed by atoms with van der Waals surface area (Å²) in [6.45, 7) is 10.2. The van der Waals surface area contributed by atoms with Gasteiger partial charge in [0.05, 0.1) is 30.0 Å². The van der Waals surface area contributed by atoms with Crippen LogP contribution in [0.4, 0.5) is 5.82 Å². The monoisotopic (exact) mass is 464 g/mol. The van der Waals surface area contributed by atoms with Gasteiger partial charge in [-0.2, -0.15) is 0 Å². The summed E-state index contributed by atoms with van der Waals surface area (Å²) < 4.78 is 9.43. The average Bonchev–Trinajstić information content (AvgIpc) is 3.45. The molecule has 3 aromatic heterocycles. The summed E-state index contributed by atoms with van der Waals surface area (Å²) in [5.41, 5.74) is 2.81. The van der Waals surface area contributed by atoms with Crippen LogP contribution in [0.2, 0.25) is 0 Å². The Labute approximate surface area is 197 Å². The van der Waals surface area contributed by atoms with Crippen molar-refractivity contribution in [3.8, 4) is 17.1 Å². The third-order valence-corrected chi connectivity index (χ3v) is 6.08. The van der Waals surface area contributed by atoms with Crippen molar-refractivity contribution in [3.05, 3.63) is 41.1 Å². The second-order valence-corrected chi connectivity index (χ2v) is 8.59. The minimum Gasteiger partial charge on any atom is -0.500 e. The lowest BCUT2D eigenvalue weighted by molar-refractivity contribution is -0.143. The number of aromatic nitrogens is 7. The van der Waals surface area contributed by atoms with Crippen LogP contribution in [0.5, 0.6) is 5.75 Å². The predicted octanol–water partition coefficient (Wildman–Crippen LogP) is 3.43. The molecule has 0 spiro atoms. The Hall–Kier alpha value is -3.81. The first-order valence-electron chi connectivity index (χ1n) is 11.5. The van der Waals surface area contributed by atoms with Gasteiger partial charge in [-0.15, -0.1) is 15.2 Å². The van der Waals surface area contributed by atoms with E-state index < -0.39 is 11.9 Å². The lowest BCUT2D eigenvalue weighted by Crippen LogP contribution is -2.29. The van der Waals surface area contributed by atoms with Crippen LogP contribution in [0.15, 0.2) is 18.3 Å². The minimum absolute atomic E-state index is 0.120. The summed E-state index contributed by atoms with van der Waals surface area (Å²) in [4.78, 5) is 19.4. The number of carboxylic acids is 1. The normalized spacial score (nSPS) is 17.9. The van der Waals surface area contributed by atoms with Crippen molar-refractivity contribution in [1.29, 1.82) is 0 Å². The number of hydrogen-bond donors (Lipinski definition) is 1. The highest BCUT2D eigenvalue weighted by Crippen LogP contribution is 2.34. The SMILES string of the molecule is [C-]#[N+]c1nc(-c2nnn(C)c2Cn2cc(CCCC)nn2)ccc1O[C@H]1CCC[C@H](C(=O)O)C1. The third-order valence-electron chi connectivity index (χ3n) is 6.08. The molecular formula is C23H28N8O3. The quantitative estimate of drug-likeness (QED) is 0.478. The first-order valence-corrected chi connectivity index (χ1v) is 11.5. The van der Waals surface area contributed by atoms with E-state index in [9.17, 15) is 9.90 Å². The van der Waals surface area contributed by atoms with E-state index in [1.54, 1.807) is 28.5 Å². The molecule has 0 aromatic carbocycles. The summed E-state index contributed by atoms with van der Waals surface area (Å²) in [6, 6.07) is 3.46. The zero-order valence-corrected chi connectivity index (χ0v) is 19.4. The average molecular weight is 465 g/mol. The Bertz CT molecular complexity index is 1200. The number of pyridine rings is 1. The molecule has 0 saturated heterocycles. The van der Waals surface area contributed by atoms with Crippen molar-refractivity contribution >= 4 is 11.8 Å². The van der Waals surface area contributed by atoms with Crippen LogP contribution >= 0.6 is 0 Å². The molecule has 1 aliphatic rings.